The monoisotopic (exact) mass is 382 g/mol. The second-order valence-electron chi connectivity index (χ2n) is 5.88. The highest BCUT2D eigenvalue weighted by Gasteiger charge is 2.24. The van der Waals surface area contributed by atoms with Crippen molar-refractivity contribution < 1.29 is 9.66 Å². The fourth-order valence-electron chi connectivity index (χ4n) is 2.46. The van der Waals surface area contributed by atoms with E-state index in [-0.39, 0.29) is 16.5 Å². The third-order valence-corrected chi connectivity index (χ3v) is 4.81. The molecule has 0 saturated heterocycles. The van der Waals surface area contributed by atoms with Crippen molar-refractivity contribution in [1.82, 2.24) is 9.97 Å². The molecular weight excluding hydrogens is 364 g/mol. The lowest BCUT2D eigenvalue weighted by Crippen LogP contribution is -2.04. The third kappa shape index (κ3) is 4.35. The van der Waals surface area contributed by atoms with Gasteiger partial charge in [-0.2, -0.15) is 0 Å². The van der Waals surface area contributed by atoms with Gasteiger partial charge in [-0.3, -0.25) is 10.1 Å². The van der Waals surface area contributed by atoms with Gasteiger partial charge in [0.1, 0.15) is 12.1 Å². The molecule has 0 fully saturated rings. The van der Waals surface area contributed by atoms with Crippen LogP contribution in [-0.4, -0.2) is 22.0 Å². The Balaban J connectivity index is 2.00. The largest absolute Gasteiger partial charge is 0.495 e. The van der Waals surface area contributed by atoms with Gasteiger partial charge in [-0.05, 0) is 43.7 Å². The predicted molar refractivity (Wildman–Crippen MR) is 105 cm³/mol. The van der Waals surface area contributed by atoms with Crippen LogP contribution in [0.1, 0.15) is 11.1 Å². The lowest BCUT2D eigenvalue weighted by Gasteiger charge is -2.12. The Morgan fingerprint density at radius 1 is 1.07 bits per heavy atom. The summed E-state index contributed by atoms with van der Waals surface area (Å²) in [5.74, 6) is 0.690. The summed E-state index contributed by atoms with van der Waals surface area (Å²) in [6, 6.07) is 13.3. The topological polar surface area (TPSA) is 90.2 Å². The molecule has 0 aliphatic heterocycles. The molecule has 8 heteroatoms. The molecule has 0 aliphatic carbocycles. The molecule has 7 nitrogen and oxygen atoms in total. The van der Waals surface area contributed by atoms with Crippen molar-refractivity contribution in [2.24, 2.45) is 0 Å². The van der Waals surface area contributed by atoms with Crippen LogP contribution >= 0.6 is 11.8 Å². The van der Waals surface area contributed by atoms with Crippen molar-refractivity contribution in [3.8, 4) is 5.75 Å². The summed E-state index contributed by atoms with van der Waals surface area (Å²) >= 11 is 1.23. The molecule has 1 aromatic heterocycles. The number of hydrogen-bond acceptors (Lipinski definition) is 7. The van der Waals surface area contributed by atoms with Gasteiger partial charge in [0.25, 0.3) is 0 Å². The van der Waals surface area contributed by atoms with E-state index in [1.54, 1.807) is 13.2 Å². The summed E-state index contributed by atoms with van der Waals surface area (Å²) in [6.45, 7) is 3.91. The number of nitro groups is 1. The van der Waals surface area contributed by atoms with Crippen LogP contribution in [0.25, 0.3) is 0 Å². The van der Waals surface area contributed by atoms with E-state index in [2.05, 4.69) is 15.3 Å². The van der Waals surface area contributed by atoms with Crippen molar-refractivity contribution in [2.45, 2.75) is 23.8 Å². The van der Waals surface area contributed by atoms with Crippen LogP contribution in [-0.2, 0) is 0 Å². The van der Waals surface area contributed by atoms with Gasteiger partial charge < -0.3 is 10.1 Å². The zero-order chi connectivity index (χ0) is 19.4. The van der Waals surface area contributed by atoms with Crippen LogP contribution in [0.2, 0.25) is 0 Å². The fraction of sp³-hybridized carbons (Fsp3) is 0.158. The van der Waals surface area contributed by atoms with Crippen LogP contribution in [0.15, 0.2) is 58.7 Å². The third-order valence-electron chi connectivity index (χ3n) is 3.81. The van der Waals surface area contributed by atoms with E-state index in [1.807, 2.05) is 50.2 Å². The second-order valence-corrected chi connectivity index (χ2v) is 6.94. The van der Waals surface area contributed by atoms with E-state index >= 15 is 0 Å². The molecule has 27 heavy (non-hydrogen) atoms. The maximum absolute atomic E-state index is 11.7. The molecule has 1 heterocycles. The minimum absolute atomic E-state index is 0.119. The summed E-state index contributed by atoms with van der Waals surface area (Å²) in [5.41, 5.74) is 2.53. The van der Waals surface area contributed by atoms with Gasteiger partial charge >= 0.3 is 5.69 Å². The highest BCUT2D eigenvalue weighted by Crippen LogP contribution is 2.38. The minimum Gasteiger partial charge on any atom is -0.495 e. The first-order chi connectivity index (χ1) is 13.0. The molecule has 138 valence electrons. The Morgan fingerprint density at radius 2 is 1.78 bits per heavy atom. The van der Waals surface area contributed by atoms with Gasteiger partial charge in [0, 0.05) is 4.90 Å². The average Bonchev–Trinajstić information content (AvgIpc) is 2.64. The normalized spacial score (nSPS) is 10.5. The van der Waals surface area contributed by atoms with Crippen LogP contribution in [0.4, 0.5) is 17.2 Å². The van der Waals surface area contributed by atoms with E-state index in [0.717, 1.165) is 16.0 Å². The van der Waals surface area contributed by atoms with E-state index < -0.39 is 4.92 Å². The lowest BCUT2D eigenvalue weighted by molar-refractivity contribution is -0.387. The van der Waals surface area contributed by atoms with Gasteiger partial charge in [0.15, 0.2) is 5.03 Å². The summed E-state index contributed by atoms with van der Waals surface area (Å²) in [7, 11) is 1.54. The predicted octanol–water partition coefficient (Wildman–Crippen LogP) is 4.91. The van der Waals surface area contributed by atoms with Crippen molar-refractivity contribution >= 4 is 29.0 Å². The molecule has 3 rings (SSSR count). The van der Waals surface area contributed by atoms with E-state index in [9.17, 15) is 10.1 Å². The van der Waals surface area contributed by atoms with Crippen LogP contribution in [0.3, 0.4) is 0 Å². The zero-order valence-corrected chi connectivity index (χ0v) is 15.9. The molecular formula is C19H18N4O3S. The van der Waals surface area contributed by atoms with Gasteiger partial charge in [0.2, 0.25) is 5.82 Å². The first-order valence-electron chi connectivity index (χ1n) is 8.13. The molecule has 0 bridgehead atoms. The molecule has 0 saturated carbocycles. The maximum atomic E-state index is 11.7. The quantitative estimate of drug-likeness (QED) is 0.368. The van der Waals surface area contributed by atoms with E-state index in [4.69, 9.17) is 4.74 Å². The average molecular weight is 382 g/mol. The lowest BCUT2D eigenvalue weighted by atomic mass is 10.2. The van der Waals surface area contributed by atoms with Crippen molar-refractivity contribution in [3.63, 3.8) is 0 Å². The summed E-state index contributed by atoms with van der Waals surface area (Å²) < 4.78 is 5.33. The smallest absolute Gasteiger partial charge is 0.343 e. The van der Waals surface area contributed by atoms with E-state index in [0.29, 0.717) is 11.4 Å². The first kappa shape index (κ1) is 18.7. The number of nitrogens with zero attached hydrogens (tertiary/aromatic N) is 3. The van der Waals surface area contributed by atoms with E-state index in [1.165, 1.54) is 18.1 Å². The molecule has 1 N–H and O–H groups in total. The zero-order valence-electron chi connectivity index (χ0n) is 15.1. The highest BCUT2D eigenvalue weighted by molar-refractivity contribution is 7.99. The number of hydrogen-bond donors (Lipinski definition) is 1. The number of aromatic nitrogens is 2. The Labute approximate surface area is 161 Å². The number of aryl methyl sites for hydroxylation is 2. The standard InChI is InChI=1S/C19H18N4O3S/c1-12-4-7-14(8-5-12)27-19-17(23(24)25)18(20-11-21-19)22-15-10-13(2)6-9-16(15)26-3/h4-11H,1-3H3,(H,20,21,22). The summed E-state index contributed by atoms with van der Waals surface area (Å²) in [6.07, 6.45) is 1.31. The van der Waals surface area contributed by atoms with Gasteiger partial charge in [0.05, 0.1) is 17.7 Å². The van der Waals surface area contributed by atoms with Crippen LogP contribution in [0, 0.1) is 24.0 Å². The number of nitrogens with one attached hydrogen (secondary N) is 1. The van der Waals surface area contributed by atoms with Crippen molar-refractivity contribution in [3.05, 3.63) is 70.0 Å². The molecule has 2 aromatic carbocycles. The SMILES string of the molecule is COc1ccc(C)cc1Nc1ncnc(Sc2ccc(C)cc2)c1[N+](=O)[O-]. The van der Waals surface area contributed by atoms with Crippen molar-refractivity contribution in [2.75, 3.05) is 12.4 Å². The van der Waals surface area contributed by atoms with Gasteiger partial charge in [-0.15, -0.1) is 0 Å². The second kappa shape index (κ2) is 8.05. The summed E-state index contributed by atoms with van der Waals surface area (Å²) in [5, 5.41) is 15.0. The molecule has 0 aliphatic rings. The number of anilines is 2. The van der Waals surface area contributed by atoms with Gasteiger partial charge in [-0.1, -0.05) is 35.5 Å². The Kier molecular flexibility index (Phi) is 5.56. The van der Waals surface area contributed by atoms with Crippen LogP contribution < -0.4 is 10.1 Å². The highest BCUT2D eigenvalue weighted by atomic mass is 32.2. The Hall–Kier alpha value is -3.13. The van der Waals surface area contributed by atoms with Crippen LogP contribution in [0.5, 0.6) is 5.75 Å². The number of ether oxygens (including phenoxy) is 1. The molecule has 0 radical (unpaired) electrons. The fourth-order valence-corrected chi connectivity index (χ4v) is 3.32. The van der Waals surface area contributed by atoms with Crippen molar-refractivity contribution in [1.29, 1.82) is 0 Å². The molecule has 3 aromatic rings. The first-order valence-corrected chi connectivity index (χ1v) is 8.95. The molecule has 0 unspecified atom stereocenters. The Morgan fingerprint density at radius 3 is 2.44 bits per heavy atom. The molecule has 0 spiro atoms. The maximum Gasteiger partial charge on any atom is 0.343 e. The molecule has 0 atom stereocenters. The van der Waals surface area contributed by atoms with Gasteiger partial charge in [-0.25, -0.2) is 9.97 Å². The summed E-state index contributed by atoms with van der Waals surface area (Å²) in [4.78, 5) is 20.3. The number of methoxy groups -OCH3 is 1. The Bertz CT molecular complexity index is 977. The molecule has 0 amide bonds. The number of rotatable bonds is 6. The number of benzene rings is 2. The minimum atomic E-state index is -0.471.